The van der Waals surface area contributed by atoms with Gasteiger partial charge in [0.25, 0.3) is 0 Å². The fourth-order valence-corrected chi connectivity index (χ4v) is 1.75. The van der Waals surface area contributed by atoms with Crippen molar-refractivity contribution in [2.24, 2.45) is 0 Å². The molecule has 0 aliphatic carbocycles. The molecule has 0 amide bonds. The zero-order valence-corrected chi connectivity index (χ0v) is 9.77. The molecule has 0 spiro atoms. The maximum Gasteiger partial charge on any atom is 0.164 e. The lowest BCUT2D eigenvalue weighted by Gasteiger charge is -2.03. The third-order valence-electron chi connectivity index (χ3n) is 1.98. The van der Waals surface area contributed by atoms with Gasteiger partial charge in [0.05, 0.1) is 0 Å². The van der Waals surface area contributed by atoms with Crippen molar-refractivity contribution < 1.29 is 0 Å². The molecule has 0 atom stereocenters. The Morgan fingerprint density at radius 3 is 2.69 bits per heavy atom. The Hall–Kier alpha value is -1.93. The average molecular weight is 275 g/mol. The summed E-state index contributed by atoms with van der Waals surface area (Å²) in [7, 11) is 0. The van der Waals surface area contributed by atoms with Crippen LogP contribution in [0.3, 0.4) is 0 Å². The third kappa shape index (κ3) is 2.02. The molecule has 5 heteroatoms. The summed E-state index contributed by atoms with van der Waals surface area (Å²) in [6.45, 7) is 0. The number of nitriles is 1. The van der Waals surface area contributed by atoms with E-state index in [1.54, 1.807) is 0 Å². The van der Waals surface area contributed by atoms with E-state index in [1.165, 1.54) is 6.07 Å². The monoisotopic (exact) mass is 274 g/mol. The number of nitrogen functional groups attached to an aromatic ring is 1. The smallest absolute Gasteiger partial charge is 0.164 e. The summed E-state index contributed by atoms with van der Waals surface area (Å²) in [6.07, 6.45) is 0. The summed E-state index contributed by atoms with van der Waals surface area (Å²) in [5.74, 6) is 0.737. The van der Waals surface area contributed by atoms with Gasteiger partial charge in [-0.2, -0.15) is 5.26 Å². The van der Waals surface area contributed by atoms with Crippen molar-refractivity contribution >= 4 is 21.7 Å². The van der Waals surface area contributed by atoms with E-state index >= 15 is 0 Å². The van der Waals surface area contributed by atoms with Gasteiger partial charge >= 0.3 is 0 Å². The van der Waals surface area contributed by atoms with Gasteiger partial charge in [-0.15, -0.1) is 0 Å². The fourth-order valence-electron chi connectivity index (χ4n) is 1.29. The van der Waals surface area contributed by atoms with Crippen LogP contribution in [0.15, 0.2) is 34.8 Å². The molecule has 2 N–H and O–H groups in total. The lowest BCUT2D eigenvalue weighted by atomic mass is 10.2. The maximum atomic E-state index is 8.80. The number of rotatable bonds is 1. The minimum Gasteiger partial charge on any atom is -0.384 e. The van der Waals surface area contributed by atoms with E-state index in [4.69, 9.17) is 11.0 Å². The Morgan fingerprint density at radius 2 is 2.00 bits per heavy atom. The van der Waals surface area contributed by atoms with Crippen molar-refractivity contribution in [1.29, 1.82) is 5.26 Å². The number of hydrogen-bond donors (Lipinski definition) is 1. The van der Waals surface area contributed by atoms with Crippen LogP contribution in [-0.4, -0.2) is 9.97 Å². The van der Waals surface area contributed by atoms with Crippen LogP contribution < -0.4 is 5.73 Å². The SMILES string of the molecule is N#Cc1cc(N)nc(-c2ccccc2Br)n1. The molecule has 0 fully saturated rings. The molecule has 4 nitrogen and oxygen atoms in total. The lowest BCUT2D eigenvalue weighted by molar-refractivity contribution is 1.15. The minimum atomic E-state index is 0.262. The first-order chi connectivity index (χ1) is 7.70. The summed E-state index contributed by atoms with van der Waals surface area (Å²) < 4.78 is 0.865. The topological polar surface area (TPSA) is 75.6 Å². The van der Waals surface area contributed by atoms with E-state index in [0.29, 0.717) is 5.82 Å². The highest BCUT2D eigenvalue weighted by atomic mass is 79.9. The largest absolute Gasteiger partial charge is 0.384 e. The van der Waals surface area contributed by atoms with Crippen LogP contribution in [0.4, 0.5) is 5.82 Å². The number of nitrogens with zero attached hydrogens (tertiary/aromatic N) is 3. The van der Waals surface area contributed by atoms with E-state index in [0.717, 1.165) is 10.0 Å². The number of halogens is 1. The minimum absolute atomic E-state index is 0.262. The Balaban J connectivity index is 2.61. The van der Waals surface area contributed by atoms with Crippen molar-refractivity contribution in [3.05, 3.63) is 40.5 Å². The molecule has 0 bridgehead atoms. The average Bonchev–Trinajstić information content (AvgIpc) is 2.28. The van der Waals surface area contributed by atoms with Gasteiger partial charge in [-0.25, -0.2) is 9.97 Å². The lowest BCUT2D eigenvalue weighted by Crippen LogP contribution is -1.98. The Bertz CT molecular complexity index is 574. The van der Waals surface area contributed by atoms with Crippen molar-refractivity contribution in [3.8, 4) is 17.5 Å². The molecule has 2 aromatic rings. The van der Waals surface area contributed by atoms with Gasteiger partial charge in [0, 0.05) is 16.1 Å². The van der Waals surface area contributed by atoms with Crippen molar-refractivity contribution in [2.75, 3.05) is 5.73 Å². The Kier molecular flexibility index (Phi) is 2.84. The fraction of sp³-hybridized carbons (Fsp3) is 0. The molecule has 0 aliphatic heterocycles. The third-order valence-corrected chi connectivity index (χ3v) is 2.67. The van der Waals surface area contributed by atoms with Gasteiger partial charge < -0.3 is 5.73 Å². The van der Waals surface area contributed by atoms with Gasteiger partial charge in [-0.3, -0.25) is 0 Å². The predicted octanol–water partition coefficient (Wildman–Crippen LogP) is 2.36. The molecule has 0 saturated heterocycles. The van der Waals surface area contributed by atoms with E-state index in [-0.39, 0.29) is 11.5 Å². The van der Waals surface area contributed by atoms with E-state index in [9.17, 15) is 0 Å². The van der Waals surface area contributed by atoms with Crippen molar-refractivity contribution in [3.63, 3.8) is 0 Å². The second-order valence-corrected chi connectivity index (χ2v) is 3.95. The van der Waals surface area contributed by atoms with Gasteiger partial charge in [0.15, 0.2) is 5.82 Å². The Morgan fingerprint density at radius 1 is 1.25 bits per heavy atom. The summed E-state index contributed by atoms with van der Waals surface area (Å²) in [5.41, 5.74) is 6.68. The molecule has 0 unspecified atom stereocenters. The quantitative estimate of drug-likeness (QED) is 0.866. The molecule has 16 heavy (non-hydrogen) atoms. The number of nitrogens with two attached hydrogens (primary N) is 1. The molecular formula is C11H7BrN4. The number of aromatic nitrogens is 2. The first-order valence-corrected chi connectivity index (χ1v) is 5.29. The molecular weight excluding hydrogens is 268 g/mol. The van der Waals surface area contributed by atoms with E-state index in [1.807, 2.05) is 30.3 Å². The molecule has 0 radical (unpaired) electrons. The van der Waals surface area contributed by atoms with Crippen LogP contribution in [0.1, 0.15) is 5.69 Å². The Labute approximate surface area is 101 Å². The molecule has 1 aromatic heterocycles. The van der Waals surface area contributed by atoms with Crippen LogP contribution in [0.2, 0.25) is 0 Å². The maximum absolute atomic E-state index is 8.80. The van der Waals surface area contributed by atoms with Crippen molar-refractivity contribution in [2.45, 2.75) is 0 Å². The number of anilines is 1. The van der Waals surface area contributed by atoms with Gasteiger partial charge in [-0.1, -0.05) is 34.1 Å². The van der Waals surface area contributed by atoms with Crippen LogP contribution in [-0.2, 0) is 0 Å². The molecule has 1 aromatic carbocycles. The first kappa shape index (κ1) is 10.6. The summed E-state index contributed by atoms with van der Waals surface area (Å²) in [6, 6.07) is 10.9. The highest BCUT2D eigenvalue weighted by molar-refractivity contribution is 9.10. The summed E-state index contributed by atoms with van der Waals surface area (Å²) in [5, 5.41) is 8.80. The van der Waals surface area contributed by atoms with Gasteiger partial charge in [-0.05, 0) is 6.07 Å². The zero-order chi connectivity index (χ0) is 11.5. The summed E-state index contributed by atoms with van der Waals surface area (Å²) >= 11 is 3.40. The second-order valence-electron chi connectivity index (χ2n) is 3.09. The molecule has 1 heterocycles. The molecule has 78 valence electrons. The van der Waals surface area contributed by atoms with Crippen molar-refractivity contribution in [1.82, 2.24) is 9.97 Å². The van der Waals surface area contributed by atoms with E-state index < -0.39 is 0 Å². The van der Waals surface area contributed by atoms with Crippen LogP contribution in [0, 0.1) is 11.3 Å². The first-order valence-electron chi connectivity index (χ1n) is 4.50. The molecule has 2 rings (SSSR count). The number of hydrogen-bond acceptors (Lipinski definition) is 4. The summed E-state index contributed by atoms with van der Waals surface area (Å²) in [4.78, 5) is 8.20. The van der Waals surface area contributed by atoms with Crippen LogP contribution >= 0.6 is 15.9 Å². The van der Waals surface area contributed by atoms with Crippen LogP contribution in [0.5, 0.6) is 0 Å². The normalized spacial score (nSPS) is 9.75. The van der Waals surface area contributed by atoms with Gasteiger partial charge in [0.1, 0.15) is 17.6 Å². The zero-order valence-electron chi connectivity index (χ0n) is 8.18. The number of benzene rings is 1. The molecule has 0 aliphatic rings. The van der Waals surface area contributed by atoms with Gasteiger partial charge in [0.2, 0.25) is 0 Å². The highest BCUT2D eigenvalue weighted by Gasteiger charge is 2.07. The highest BCUT2D eigenvalue weighted by Crippen LogP contribution is 2.25. The standard InChI is InChI=1S/C11H7BrN4/c12-9-4-2-1-3-8(9)11-15-7(6-13)5-10(14)16-11/h1-5H,(H2,14,15,16). The molecule has 0 saturated carbocycles. The second kappa shape index (κ2) is 4.29. The van der Waals surface area contributed by atoms with E-state index in [2.05, 4.69) is 25.9 Å². The predicted molar refractivity (Wildman–Crippen MR) is 64.3 cm³/mol. The van der Waals surface area contributed by atoms with Crippen LogP contribution in [0.25, 0.3) is 11.4 Å².